The zero-order valence-corrected chi connectivity index (χ0v) is 40.1. The molecule has 0 nitrogen and oxygen atoms in total. The van der Waals surface area contributed by atoms with Gasteiger partial charge in [-0.1, -0.05) is 0 Å². The summed E-state index contributed by atoms with van der Waals surface area (Å²) in [6.45, 7) is 18.9. The van der Waals surface area contributed by atoms with E-state index in [0.29, 0.717) is 0 Å². The molecular formula is C54H57Cl3Zr. The predicted octanol–water partition coefficient (Wildman–Crippen LogP) is 14.4. The Bertz CT molecular complexity index is 2650. The van der Waals surface area contributed by atoms with Gasteiger partial charge in [-0.3, -0.25) is 0 Å². The third kappa shape index (κ3) is 7.34. The summed E-state index contributed by atoms with van der Waals surface area (Å²) in [6.07, 6.45) is 8.87. The molecule has 0 aliphatic heterocycles. The van der Waals surface area contributed by atoms with Crippen LogP contribution in [0, 0.1) is 13.8 Å². The van der Waals surface area contributed by atoms with E-state index in [1.54, 1.807) is 0 Å². The van der Waals surface area contributed by atoms with Gasteiger partial charge in [0.15, 0.2) is 0 Å². The second-order valence-electron chi connectivity index (χ2n) is 18.7. The van der Waals surface area contributed by atoms with E-state index in [-0.39, 0.29) is 35.6 Å². The van der Waals surface area contributed by atoms with Crippen LogP contribution in [0.4, 0.5) is 0 Å². The van der Waals surface area contributed by atoms with Gasteiger partial charge in [0.1, 0.15) is 0 Å². The van der Waals surface area contributed by atoms with Crippen molar-refractivity contribution in [1.29, 1.82) is 0 Å². The topological polar surface area (TPSA) is 0 Å². The molecule has 4 heteroatoms. The van der Waals surface area contributed by atoms with Gasteiger partial charge in [0.25, 0.3) is 0 Å². The first-order valence-electron chi connectivity index (χ1n) is 20.3. The molecule has 0 fully saturated rings. The summed E-state index contributed by atoms with van der Waals surface area (Å²) in [6, 6.07) is 45.8. The zero-order valence-electron chi connectivity index (χ0n) is 35.3. The molecule has 0 aromatic heterocycles. The molecule has 0 radical (unpaired) electrons. The van der Waals surface area contributed by atoms with Crippen molar-refractivity contribution in [3.05, 3.63) is 187 Å². The van der Waals surface area contributed by atoms with Gasteiger partial charge in [-0.2, -0.15) is 0 Å². The molecule has 8 rings (SSSR count). The maximum absolute atomic E-state index is 6.76. The van der Waals surface area contributed by atoms with Gasteiger partial charge >= 0.3 is 344 Å². The number of hydrogen-bond donors (Lipinski definition) is 0. The number of rotatable bonds is 7. The van der Waals surface area contributed by atoms with E-state index in [1.165, 1.54) is 82.1 Å². The van der Waals surface area contributed by atoms with Crippen LogP contribution in [0.3, 0.4) is 0 Å². The van der Waals surface area contributed by atoms with Crippen molar-refractivity contribution in [2.75, 3.05) is 0 Å². The molecule has 2 aliphatic rings. The number of benzene rings is 6. The number of aryl methyl sites for hydroxylation is 2. The maximum atomic E-state index is 6.76. The molecule has 0 bridgehead atoms. The van der Waals surface area contributed by atoms with Crippen molar-refractivity contribution in [2.45, 2.75) is 83.2 Å². The van der Waals surface area contributed by atoms with Gasteiger partial charge in [-0.05, 0) is 0 Å². The molecule has 0 atom stereocenters. The number of fused-ring (bicyclic) bond motifs is 3. The molecule has 298 valence electrons. The molecule has 0 amide bonds. The first-order valence-corrected chi connectivity index (χ1v) is 27.8. The average molecular weight is 904 g/mol. The molecule has 6 aromatic rings. The Balaban J connectivity index is 0.00000283. The third-order valence-electron chi connectivity index (χ3n) is 12.9. The summed E-state index contributed by atoms with van der Waals surface area (Å²) in [5.41, 5.74) is 17.6. The Morgan fingerprint density at radius 3 is 1.76 bits per heavy atom. The second-order valence-corrected chi connectivity index (χ2v) is 32.6. The summed E-state index contributed by atoms with van der Waals surface area (Å²) < 4.78 is 11.2. The molecule has 0 saturated carbocycles. The summed E-state index contributed by atoms with van der Waals surface area (Å²) in [5, 5.41) is 0.759. The van der Waals surface area contributed by atoms with Gasteiger partial charge in [-0.25, -0.2) is 0 Å². The Hall–Kier alpha value is -3.58. The van der Waals surface area contributed by atoms with E-state index >= 15 is 0 Å². The Kier molecular flexibility index (Phi) is 12.2. The van der Waals surface area contributed by atoms with E-state index in [2.05, 4.69) is 195 Å². The Morgan fingerprint density at radius 1 is 0.621 bits per heavy atom. The normalized spacial score (nSPS) is 13.7. The molecule has 0 heterocycles. The second kappa shape index (κ2) is 16.1. The fraction of sp³-hybridized carbons (Fsp3) is 0.241. The SMILES string of the molecule is Cl.Cl.[CH2]=[Zr]([CH2]c1ccccc1)([C]1=CC=CC1)([c]1ccc(Cl)cc1)[c]1c2c(cc(C(C)(C)C)c1-c1ccccc1C)-c1cc(C(C)(C)C)c(-c3ccccc3C)cc1C2. The molecule has 0 saturated heterocycles. The third-order valence-corrected chi connectivity index (χ3v) is 29.4. The summed E-state index contributed by atoms with van der Waals surface area (Å²) in [5.74, 6) is 0. The number of allylic oxidation sites excluding steroid dienone is 4. The minimum absolute atomic E-state index is 0. The van der Waals surface area contributed by atoms with Crippen molar-refractivity contribution >= 4 is 47.2 Å². The molecule has 0 unspecified atom stereocenters. The minimum atomic E-state index is -5.05. The summed E-state index contributed by atoms with van der Waals surface area (Å²) in [7, 11) is 0. The van der Waals surface area contributed by atoms with Crippen LogP contribution in [0.1, 0.15) is 86.9 Å². The zero-order chi connectivity index (χ0) is 39.6. The van der Waals surface area contributed by atoms with Gasteiger partial charge in [0.05, 0.1) is 0 Å². The van der Waals surface area contributed by atoms with Crippen LogP contribution in [0.5, 0.6) is 0 Å². The summed E-state index contributed by atoms with van der Waals surface area (Å²) >= 11 is 1.71. The van der Waals surface area contributed by atoms with Crippen LogP contribution in [-0.4, -0.2) is 4.21 Å². The molecule has 2 aliphatic carbocycles. The van der Waals surface area contributed by atoms with Crippen LogP contribution in [0.2, 0.25) is 5.02 Å². The number of halogens is 3. The van der Waals surface area contributed by atoms with Crippen LogP contribution in [0.15, 0.2) is 143 Å². The van der Waals surface area contributed by atoms with E-state index < -0.39 is 18.3 Å². The predicted molar refractivity (Wildman–Crippen MR) is 257 cm³/mol. The molecule has 0 spiro atoms. The van der Waals surface area contributed by atoms with E-state index in [9.17, 15) is 0 Å². The van der Waals surface area contributed by atoms with E-state index in [1.807, 2.05) is 0 Å². The van der Waals surface area contributed by atoms with Gasteiger partial charge in [-0.15, -0.1) is 24.8 Å². The average Bonchev–Trinajstić information content (AvgIpc) is 3.83. The molecule has 6 aromatic carbocycles. The Morgan fingerprint density at radius 2 is 1.19 bits per heavy atom. The van der Waals surface area contributed by atoms with Crippen molar-refractivity contribution in [3.63, 3.8) is 0 Å². The van der Waals surface area contributed by atoms with E-state index in [4.69, 9.17) is 15.8 Å². The van der Waals surface area contributed by atoms with Crippen LogP contribution >= 0.6 is 36.4 Å². The van der Waals surface area contributed by atoms with Crippen LogP contribution < -0.4 is 6.54 Å². The van der Waals surface area contributed by atoms with Crippen molar-refractivity contribution in [2.24, 2.45) is 0 Å². The molecule has 0 N–H and O–H groups in total. The summed E-state index contributed by atoms with van der Waals surface area (Å²) in [4.78, 5) is 0. The monoisotopic (exact) mass is 900 g/mol. The molecule has 58 heavy (non-hydrogen) atoms. The van der Waals surface area contributed by atoms with Crippen LogP contribution in [-0.2, 0) is 39.7 Å². The van der Waals surface area contributed by atoms with Crippen molar-refractivity contribution in [3.8, 4) is 33.4 Å². The quantitative estimate of drug-likeness (QED) is 0.150. The van der Waals surface area contributed by atoms with Crippen LogP contribution in [0.25, 0.3) is 33.4 Å². The van der Waals surface area contributed by atoms with E-state index in [0.717, 1.165) is 22.0 Å². The Labute approximate surface area is 365 Å². The van der Waals surface area contributed by atoms with Gasteiger partial charge in [0.2, 0.25) is 0 Å². The van der Waals surface area contributed by atoms with Gasteiger partial charge < -0.3 is 0 Å². The first-order chi connectivity index (χ1) is 26.6. The van der Waals surface area contributed by atoms with Gasteiger partial charge in [0, 0.05) is 0 Å². The standard InChI is InChI=1S/C35H37.C7H7.C6H4Cl.C5H5.CH2.2ClH.Zr/c1-22-13-9-11-15-26(22)30-18-24-17-25-19-31(27-16-12-10-14-23(27)2)33(35(6,7)8)21-29(25)28(24)20-32(30)34(3,4)5;1-7-5-3-2-4-6-7;7-6-4-2-1-3-5-6;1-2-4-5-3-1;;;;/h9-16,18,20-21H,17H2,1-8H3;2-6H,1H2;2-5H;1-3H,4H2;1H2;2*1H;. The van der Waals surface area contributed by atoms with Crippen molar-refractivity contribution in [1.82, 2.24) is 0 Å². The van der Waals surface area contributed by atoms with Crippen molar-refractivity contribution < 1.29 is 18.3 Å². The molecular weight excluding hydrogens is 846 g/mol. The fourth-order valence-corrected chi connectivity index (χ4v) is 26.5. The fourth-order valence-electron chi connectivity index (χ4n) is 10.1. The first kappa shape index (κ1) is 44.0. The number of hydrogen-bond acceptors (Lipinski definition) is 0.